The molecule has 4 N–H and O–H groups in total. The Hall–Kier alpha value is -0.410. The van der Waals surface area contributed by atoms with Crippen molar-refractivity contribution in [3.63, 3.8) is 0 Å². The van der Waals surface area contributed by atoms with Gasteiger partial charge in [-0.15, -0.1) is 0 Å². The van der Waals surface area contributed by atoms with Crippen molar-refractivity contribution >= 4 is 5.71 Å². The first kappa shape index (κ1) is 9.59. The van der Waals surface area contributed by atoms with Crippen molar-refractivity contribution in [3.8, 4) is 0 Å². The van der Waals surface area contributed by atoms with Crippen LogP contribution in [0.1, 0.15) is 19.8 Å². The van der Waals surface area contributed by atoms with Crippen molar-refractivity contribution in [2.24, 2.45) is 5.73 Å². The summed E-state index contributed by atoms with van der Waals surface area (Å²) >= 11 is 0. The molecule has 0 aromatic heterocycles. The molecule has 0 saturated heterocycles. The third kappa shape index (κ3) is 4.47. The van der Waals surface area contributed by atoms with E-state index in [4.69, 9.17) is 11.1 Å². The van der Waals surface area contributed by atoms with Gasteiger partial charge < -0.3 is 16.5 Å². The van der Waals surface area contributed by atoms with E-state index in [0.29, 0.717) is 5.71 Å². The molecule has 10 heavy (non-hydrogen) atoms. The lowest BCUT2D eigenvalue weighted by Gasteiger charge is -2.08. The van der Waals surface area contributed by atoms with E-state index < -0.39 is 0 Å². The SMILES string of the molecule is CNCCCC(N)C(C)=N. The van der Waals surface area contributed by atoms with Crippen LogP contribution in [0.15, 0.2) is 0 Å². The van der Waals surface area contributed by atoms with Crippen LogP contribution in [-0.2, 0) is 0 Å². The first-order valence-corrected chi connectivity index (χ1v) is 3.63. The summed E-state index contributed by atoms with van der Waals surface area (Å²) in [6.45, 7) is 2.74. The summed E-state index contributed by atoms with van der Waals surface area (Å²) in [6.07, 6.45) is 1.96. The molecule has 0 heterocycles. The molecule has 0 fully saturated rings. The maximum absolute atomic E-state index is 7.19. The van der Waals surface area contributed by atoms with Gasteiger partial charge in [-0.25, -0.2) is 0 Å². The van der Waals surface area contributed by atoms with Crippen LogP contribution in [0.4, 0.5) is 0 Å². The Bertz CT molecular complexity index is 101. The fourth-order valence-electron chi connectivity index (χ4n) is 0.715. The van der Waals surface area contributed by atoms with Crippen molar-refractivity contribution in [1.29, 1.82) is 5.41 Å². The molecule has 0 bridgehead atoms. The minimum absolute atomic E-state index is 0.0339. The van der Waals surface area contributed by atoms with Gasteiger partial charge in [0.1, 0.15) is 0 Å². The van der Waals surface area contributed by atoms with Crippen LogP contribution in [0.25, 0.3) is 0 Å². The van der Waals surface area contributed by atoms with Gasteiger partial charge in [0, 0.05) is 11.8 Å². The molecule has 0 radical (unpaired) electrons. The maximum atomic E-state index is 7.19. The van der Waals surface area contributed by atoms with Crippen LogP contribution in [0.5, 0.6) is 0 Å². The van der Waals surface area contributed by atoms with E-state index in [2.05, 4.69) is 5.32 Å². The van der Waals surface area contributed by atoms with Crippen molar-refractivity contribution in [2.75, 3.05) is 13.6 Å². The highest BCUT2D eigenvalue weighted by molar-refractivity contribution is 5.83. The van der Waals surface area contributed by atoms with Crippen molar-refractivity contribution in [1.82, 2.24) is 5.32 Å². The van der Waals surface area contributed by atoms with E-state index in [1.807, 2.05) is 7.05 Å². The number of hydrogen-bond donors (Lipinski definition) is 3. The highest BCUT2D eigenvalue weighted by Crippen LogP contribution is 1.93. The Morgan fingerprint density at radius 1 is 1.70 bits per heavy atom. The van der Waals surface area contributed by atoms with Crippen LogP contribution in [0, 0.1) is 5.41 Å². The Labute approximate surface area is 62.5 Å². The van der Waals surface area contributed by atoms with Gasteiger partial charge in [-0.05, 0) is 33.4 Å². The normalized spacial score (nSPS) is 13.1. The number of nitrogens with two attached hydrogens (primary N) is 1. The zero-order chi connectivity index (χ0) is 7.98. The van der Waals surface area contributed by atoms with E-state index in [1.54, 1.807) is 6.92 Å². The third-order valence-electron chi connectivity index (χ3n) is 1.50. The average molecular weight is 143 g/mol. The molecule has 1 unspecified atom stereocenters. The van der Waals surface area contributed by atoms with Gasteiger partial charge in [0.2, 0.25) is 0 Å². The van der Waals surface area contributed by atoms with Gasteiger partial charge in [-0.1, -0.05) is 0 Å². The second-order valence-electron chi connectivity index (χ2n) is 2.54. The van der Waals surface area contributed by atoms with Gasteiger partial charge in [-0.3, -0.25) is 0 Å². The molecular weight excluding hydrogens is 126 g/mol. The molecule has 0 aliphatic heterocycles. The summed E-state index contributed by atoms with van der Waals surface area (Å²) in [5.41, 5.74) is 6.18. The molecule has 3 heteroatoms. The summed E-state index contributed by atoms with van der Waals surface area (Å²) < 4.78 is 0. The van der Waals surface area contributed by atoms with Gasteiger partial charge in [0.25, 0.3) is 0 Å². The maximum Gasteiger partial charge on any atom is 0.0420 e. The summed E-state index contributed by atoms with van der Waals surface area (Å²) in [4.78, 5) is 0. The molecule has 0 amide bonds. The minimum Gasteiger partial charge on any atom is -0.323 e. The fourth-order valence-corrected chi connectivity index (χ4v) is 0.715. The molecule has 0 rings (SSSR count). The molecule has 0 saturated carbocycles. The molecular formula is C7H17N3. The quantitative estimate of drug-likeness (QED) is 0.384. The summed E-state index contributed by atoms with van der Waals surface area (Å²) in [5, 5.41) is 10.2. The van der Waals surface area contributed by atoms with Gasteiger partial charge in [-0.2, -0.15) is 0 Å². The largest absolute Gasteiger partial charge is 0.323 e. The molecule has 3 nitrogen and oxygen atoms in total. The molecule has 0 spiro atoms. The summed E-state index contributed by atoms with van der Waals surface area (Å²) in [5.74, 6) is 0. The molecule has 0 aromatic rings. The predicted molar refractivity (Wildman–Crippen MR) is 44.5 cm³/mol. The molecule has 60 valence electrons. The van der Waals surface area contributed by atoms with E-state index in [9.17, 15) is 0 Å². The highest BCUT2D eigenvalue weighted by atomic mass is 14.8. The van der Waals surface area contributed by atoms with Crippen LogP contribution in [0.3, 0.4) is 0 Å². The van der Waals surface area contributed by atoms with E-state index in [1.165, 1.54) is 0 Å². The van der Waals surface area contributed by atoms with Gasteiger partial charge >= 0.3 is 0 Å². The average Bonchev–Trinajstić information content (AvgIpc) is 1.88. The first-order chi connectivity index (χ1) is 4.68. The van der Waals surface area contributed by atoms with Gasteiger partial charge in [0.15, 0.2) is 0 Å². The number of rotatable bonds is 5. The van der Waals surface area contributed by atoms with E-state index in [-0.39, 0.29) is 6.04 Å². The molecule has 0 aliphatic rings. The summed E-state index contributed by atoms with van der Waals surface area (Å²) in [6, 6.07) is -0.0339. The monoisotopic (exact) mass is 143 g/mol. The van der Waals surface area contributed by atoms with E-state index in [0.717, 1.165) is 19.4 Å². The zero-order valence-electron chi connectivity index (χ0n) is 6.78. The zero-order valence-corrected chi connectivity index (χ0v) is 6.78. The lowest BCUT2D eigenvalue weighted by Crippen LogP contribution is -2.28. The third-order valence-corrected chi connectivity index (χ3v) is 1.50. The topological polar surface area (TPSA) is 61.9 Å². The van der Waals surface area contributed by atoms with Crippen molar-refractivity contribution in [3.05, 3.63) is 0 Å². The van der Waals surface area contributed by atoms with Crippen LogP contribution >= 0.6 is 0 Å². The number of hydrogen-bond acceptors (Lipinski definition) is 3. The lowest BCUT2D eigenvalue weighted by molar-refractivity contribution is 0.646. The number of nitrogens with one attached hydrogen (secondary N) is 2. The van der Waals surface area contributed by atoms with Gasteiger partial charge in [0.05, 0.1) is 0 Å². The first-order valence-electron chi connectivity index (χ1n) is 3.63. The van der Waals surface area contributed by atoms with Crippen molar-refractivity contribution in [2.45, 2.75) is 25.8 Å². The fraction of sp³-hybridized carbons (Fsp3) is 0.857. The predicted octanol–water partition coefficient (Wildman–Crippen LogP) is 0.353. The van der Waals surface area contributed by atoms with Crippen LogP contribution in [0.2, 0.25) is 0 Å². The second-order valence-corrected chi connectivity index (χ2v) is 2.54. The van der Waals surface area contributed by atoms with Crippen LogP contribution < -0.4 is 11.1 Å². The van der Waals surface area contributed by atoms with Crippen LogP contribution in [-0.4, -0.2) is 25.3 Å². The second kappa shape index (κ2) is 5.38. The Kier molecular flexibility index (Phi) is 5.16. The molecule has 0 aromatic carbocycles. The minimum atomic E-state index is -0.0339. The smallest absolute Gasteiger partial charge is 0.0420 e. The highest BCUT2D eigenvalue weighted by Gasteiger charge is 2.02. The van der Waals surface area contributed by atoms with E-state index >= 15 is 0 Å². The Morgan fingerprint density at radius 3 is 2.70 bits per heavy atom. The molecule has 1 atom stereocenters. The molecule has 0 aliphatic carbocycles. The Morgan fingerprint density at radius 2 is 2.30 bits per heavy atom. The standard InChI is InChI=1S/C7H17N3/c1-6(8)7(9)4-3-5-10-2/h7-8,10H,3-5,9H2,1-2H3. The Balaban J connectivity index is 3.21. The summed E-state index contributed by atoms with van der Waals surface area (Å²) in [7, 11) is 1.92. The lowest BCUT2D eigenvalue weighted by atomic mass is 10.1. The van der Waals surface area contributed by atoms with Crippen molar-refractivity contribution < 1.29 is 0 Å².